The average Bonchev–Trinajstić information content (AvgIpc) is 2.91. The number of phenols is 1. The molecule has 1 atom stereocenters. The van der Waals surface area contributed by atoms with Crippen molar-refractivity contribution in [2.45, 2.75) is 12.5 Å². The molecule has 0 unspecified atom stereocenters. The van der Waals surface area contributed by atoms with Gasteiger partial charge in [0.05, 0.1) is 19.8 Å². The number of carbonyl (C=O) groups is 2. The minimum atomic E-state index is -0.900. The molecule has 0 aliphatic carbocycles. The molecule has 9 heteroatoms. The summed E-state index contributed by atoms with van der Waals surface area (Å²) in [5.41, 5.74) is 1.39. The van der Waals surface area contributed by atoms with E-state index in [1.807, 2.05) is 30.3 Å². The van der Waals surface area contributed by atoms with Crippen LogP contribution in [-0.4, -0.2) is 43.9 Å². The summed E-state index contributed by atoms with van der Waals surface area (Å²) in [5.74, 6) is -0.760. The highest BCUT2D eigenvalue weighted by Crippen LogP contribution is 2.30. The number of rotatable bonds is 9. The van der Waals surface area contributed by atoms with Gasteiger partial charge in [-0.25, -0.2) is 4.79 Å². The minimum absolute atomic E-state index is 0.0151. The lowest BCUT2D eigenvalue weighted by Crippen LogP contribution is -2.44. The third-order valence-corrected chi connectivity index (χ3v) is 5.70. The Kier molecular flexibility index (Phi) is 7.73. The molecule has 0 radical (unpaired) electrons. The number of amides is 1. The molecule has 1 heterocycles. The van der Waals surface area contributed by atoms with Gasteiger partial charge >= 0.3 is 5.97 Å². The molecule has 4 aromatic rings. The molecule has 9 nitrogen and oxygen atoms in total. The van der Waals surface area contributed by atoms with E-state index < -0.39 is 30.0 Å². The van der Waals surface area contributed by atoms with Crippen molar-refractivity contribution < 1.29 is 33.3 Å². The van der Waals surface area contributed by atoms with Gasteiger partial charge in [0.15, 0.2) is 6.61 Å². The highest BCUT2D eigenvalue weighted by atomic mass is 16.5. The van der Waals surface area contributed by atoms with Crippen LogP contribution in [0.25, 0.3) is 22.1 Å². The lowest BCUT2D eigenvalue weighted by atomic mass is 10.0. The van der Waals surface area contributed by atoms with Gasteiger partial charge in [0.1, 0.15) is 40.5 Å². The summed E-state index contributed by atoms with van der Waals surface area (Å²) in [6.45, 7) is -0.443. The Balaban J connectivity index is 1.48. The summed E-state index contributed by atoms with van der Waals surface area (Å²) in [5, 5.41) is 13.1. The molecule has 0 spiro atoms. The van der Waals surface area contributed by atoms with E-state index in [9.17, 15) is 19.5 Å². The van der Waals surface area contributed by atoms with E-state index in [4.69, 9.17) is 18.6 Å². The molecule has 1 aromatic heterocycles. The second kappa shape index (κ2) is 11.3. The summed E-state index contributed by atoms with van der Waals surface area (Å²) < 4.78 is 21.0. The minimum Gasteiger partial charge on any atom is -0.507 e. The number of esters is 1. The first kappa shape index (κ1) is 25.3. The summed E-state index contributed by atoms with van der Waals surface area (Å²) in [7, 11) is 2.79. The molecule has 2 N–H and O–H groups in total. The summed E-state index contributed by atoms with van der Waals surface area (Å²) in [4.78, 5) is 37.7. The number of nitrogens with one attached hydrogen (secondary N) is 1. The number of hydrogen-bond acceptors (Lipinski definition) is 8. The zero-order valence-corrected chi connectivity index (χ0v) is 20.2. The molecule has 1 amide bonds. The standard InChI is InChI=1S/C28H25NO8/c1-34-19-10-8-18(9-11-19)21-15-37-24-14-20(13-23(30)26(24)27(21)32)36-16-25(31)29-22(28(33)35-2)12-17-6-4-3-5-7-17/h3-11,13-15,22,30H,12,16H2,1-2H3,(H,29,31)/t22-/m1/s1. The molecule has 0 saturated carbocycles. The van der Waals surface area contributed by atoms with Crippen molar-refractivity contribution in [3.63, 3.8) is 0 Å². The molecule has 0 saturated heterocycles. The van der Waals surface area contributed by atoms with E-state index in [1.165, 1.54) is 25.5 Å². The predicted octanol–water partition coefficient (Wildman–Crippen LogP) is 3.45. The van der Waals surface area contributed by atoms with Crippen molar-refractivity contribution in [2.75, 3.05) is 20.8 Å². The van der Waals surface area contributed by atoms with Crippen LogP contribution in [0.2, 0.25) is 0 Å². The first-order valence-corrected chi connectivity index (χ1v) is 11.4. The molecule has 0 aliphatic heterocycles. The van der Waals surface area contributed by atoms with Crippen molar-refractivity contribution in [1.82, 2.24) is 5.32 Å². The van der Waals surface area contributed by atoms with Gasteiger partial charge in [-0.1, -0.05) is 42.5 Å². The van der Waals surface area contributed by atoms with Crippen LogP contribution in [0.4, 0.5) is 0 Å². The highest BCUT2D eigenvalue weighted by molar-refractivity contribution is 5.88. The molecule has 0 aliphatic rings. The Hall–Kier alpha value is -4.79. The van der Waals surface area contributed by atoms with Gasteiger partial charge in [-0.05, 0) is 23.3 Å². The fourth-order valence-electron chi connectivity index (χ4n) is 3.83. The summed E-state index contributed by atoms with van der Waals surface area (Å²) in [6, 6.07) is 17.8. The van der Waals surface area contributed by atoms with Gasteiger partial charge in [-0.3, -0.25) is 9.59 Å². The maximum Gasteiger partial charge on any atom is 0.328 e. The maximum atomic E-state index is 13.0. The second-order valence-electron chi connectivity index (χ2n) is 8.14. The molecular formula is C28H25NO8. The topological polar surface area (TPSA) is 124 Å². The Morgan fingerprint density at radius 1 is 1.00 bits per heavy atom. The lowest BCUT2D eigenvalue weighted by molar-refractivity contribution is -0.145. The van der Waals surface area contributed by atoms with Crippen LogP contribution < -0.4 is 20.2 Å². The van der Waals surface area contributed by atoms with Crippen molar-refractivity contribution in [3.05, 3.63) is 88.8 Å². The highest BCUT2D eigenvalue weighted by Gasteiger charge is 2.22. The molecule has 3 aromatic carbocycles. The van der Waals surface area contributed by atoms with Crippen molar-refractivity contribution >= 4 is 22.8 Å². The Bertz CT molecular complexity index is 1460. The van der Waals surface area contributed by atoms with E-state index in [0.717, 1.165) is 5.56 Å². The van der Waals surface area contributed by atoms with Crippen LogP contribution in [-0.2, 0) is 20.7 Å². The smallest absolute Gasteiger partial charge is 0.328 e. The largest absolute Gasteiger partial charge is 0.507 e. The molecule has 37 heavy (non-hydrogen) atoms. The zero-order chi connectivity index (χ0) is 26.4. The van der Waals surface area contributed by atoms with Crippen LogP contribution in [0, 0.1) is 0 Å². The van der Waals surface area contributed by atoms with Crippen molar-refractivity contribution in [1.29, 1.82) is 0 Å². The predicted molar refractivity (Wildman–Crippen MR) is 136 cm³/mol. The van der Waals surface area contributed by atoms with Crippen LogP contribution >= 0.6 is 0 Å². The van der Waals surface area contributed by atoms with E-state index >= 15 is 0 Å². The van der Waals surface area contributed by atoms with Crippen molar-refractivity contribution in [3.8, 4) is 28.4 Å². The van der Waals surface area contributed by atoms with E-state index in [1.54, 1.807) is 31.4 Å². The van der Waals surface area contributed by atoms with E-state index in [0.29, 0.717) is 11.3 Å². The lowest BCUT2D eigenvalue weighted by Gasteiger charge is -2.17. The van der Waals surface area contributed by atoms with Gasteiger partial charge in [0.25, 0.3) is 5.91 Å². The Labute approximate surface area is 212 Å². The summed E-state index contributed by atoms with van der Waals surface area (Å²) in [6.07, 6.45) is 1.55. The van der Waals surface area contributed by atoms with Gasteiger partial charge in [-0.2, -0.15) is 0 Å². The number of ether oxygens (including phenoxy) is 3. The summed E-state index contributed by atoms with van der Waals surface area (Å²) >= 11 is 0. The number of fused-ring (bicyclic) bond motifs is 1. The van der Waals surface area contributed by atoms with Gasteiger partial charge in [0, 0.05) is 18.6 Å². The Morgan fingerprint density at radius 2 is 1.73 bits per heavy atom. The molecule has 190 valence electrons. The molecular weight excluding hydrogens is 478 g/mol. The maximum absolute atomic E-state index is 13.0. The normalized spacial score (nSPS) is 11.5. The molecule has 0 fully saturated rings. The number of benzene rings is 3. The third kappa shape index (κ3) is 5.90. The first-order valence-electron chi connectivity index (χ1n) is 11.4. The Morgan fingerprint density at radius 3 is 2.41 bits per heavy atom. The van der Waals surface area contributed by atoms with Crippen LogP contribution in [0.5, 0.6) is 17.2 Å². The monoisotopic (exact) mass is 503 g/mol. The van der Waals surface area contributed by atoms with Crippen LogP contribution in [0.1, 0.15) is 5.56 Å². The number of carbonyl (C=O) groups excluding carboxylic acids is 2. The third-order valence-electron chi connectivity index (χ3n) is 5.70. The van der Waals surface area contributed by atoms with Gasteiger partial charge < -0.3 is 29.1 Å². The average molecular weight is 504 g/mol. The van der Waals surface area contributed by atoms with Crippen LogP contribution in [0.3, 0.4) is 0 Å². The quantitative estimate of drug-likeness (QED) is 0.333. The van der Waals surface area contributed by atoms with Gasteiger partial charge in [0.2, 0.25) is 5.43 Å². The van der Waals surface area contributed by atoms with E-state index in [-0.39, 0.29) is 34.5 Å². The molecule has 0 bridgehead atoms. The fraction of sp³-hybridized carbons (Fsp3) is 0.179. The number of phenolic OH excluding ortho intramolecular Hbond substituents is 1. The second-order valence-corrected chi connectivity index (χ2v) is 8.14. The number of hydrogen-bond donors (Lipinski definition) is 2. The zero-order valence-electron chi connectivity index (χ0n) is 20.2. The SMILES string of the molecule is COC(=O)[C@@H](Cc1ccccc1)NC(=O)COc1cc(O)c2c(=O)c(-c3ccc(OC)cc3)coc2c1. The number of aromatic hydroxyl groups is 1. The number of methoxy groups -OCH3 is 2. The van der Waals surface area contributed by atoms with Crippen LogP contribution in [0.15, 0.2) is 82.2 Å². The fourth-order valence-corrected chi connectivity index (χ4v) is 3.83. The van der Waals surface area contributed by atoms with E-state index in [2.05, 4.69) is 5.32 Å². The van der Waals surface area contributed by atoms with Crippen molar-refractivity contribution in [2.24, 2.45) is 0 Å². The van der Waals surface area contributed by atoms with Gasteiger partial charge in [-0.15, -0.1) is 0 Å². The first-order chi connectivity index (χ1) is 17.9. The molecule has 4 rings (SSSR count).